The number of benzene rings is 2. The third kappa shape index (κ3) is 4.98. The molecule has 1 amide bonds. The summed E-state index contributed by atoms with van der Waals surface area (Å²) in [5.74, 6) is -1.71. The number of nitrogens with one attached hydrogen (secondary N) is 1. The number of hydrogen-bond acceptors (Lipinski definition) is 5. The molecule has 7 nitrogen and oxygen atoms in total. The van der Waals surface area contributed by atoms with Crippen molar-refractivity contribution in [1.82, 2.24) is 8.87 Å². The average molecular weight is 512 g/mol. The number of amides is 1. The van der Waals surface area contributed by atoms with Crippen molar-refractivity contribution in [3.63, 3.8) is 0 Å². The Labute approximate surface area is 199 Å². The second-order valence-corrected chi connectivity index (χ2v) is 11.3. The van der Waals surface area contributed by atoms with Crippen LogP contribution < -0.4 is 10.2 Å². The molecule has 33 heavy (non-hydrogen) atoms. The lowest BCUT2D eigenvalue weighted by molar-refractivity contribution is -0.120. The van der Waals surface area contributed by atoms with Gasteiger partial charge in [0.05, 0.1) is 16.0 Å². The molecule has 3 aromatic rings. The van der Waals surface area contributed by atoms with Crippen molar-refractivity contribution in [2.75, 3.05) is 18.4 Å². The van der Waals surface area contributed by atoms with Crippen molar-refractivity contribution in [2.45, 2.75) is 32.1 Å². The maximum atomic E-state index is 14.0. The van der Waals surface area contributed by atoms with Gasteiger partial charge in [-0.1, -0.05) is 29.0 Å². The topological polar surface area (TPSA) is 88.5 Å². The summed E-state index contributed by atoms with van der Waals surface area (Å²) < 4.78 is 43.3. The van der Waals surface area contributed by atoms with E-state index >= 15 is 0 Å². The Kier molecular flexibility index (Phi) is 6.90. The van der Waals surface area contributed by atoms with Gasteiger partial charge in [0.15, 0.2) is 0 Å². The van der Waals surface area contributed by atoms with E-state index in [4.69, 9.17) is 11.6 Å². The van der Waals surface area contributed by atoms with E-state index in [1.807, 2.05) is 13.0 Å². The Morgan fingerprint density at radius 1 is 1.24 bits per heavy atom. The Bertz CT molecular complexity index is 1340. The maximum Gasteiger partial charge on any atom is 0.308 e. The molecule has 1 saturated heterocycles. The first kappa shape index (κ1) is 23.9. The van der Waals surface area contributed by atoms with Crippen molar-refractivity contribution in [3.8, 4) is 0 Å². The van der Waals surface area contributed by atoms with Gasteiger partial charge < -0.3 is 5.32 Å². The van der Waals surface area contributed by atoms with Gasteiger partial charge in [0.25, 0.3) is 0 Å². The van der Waals surface area contributed by atoms with E-state index in [1.165, 1.54) is 22.5 Å². The molecule has 11 heteroatoms. The van der Waals surface area contributed by atoms with Gasteiger partial charge in [0, 0.05) is 41.8 Å². The van der Waals surface area contributed by atoms with E-state index in [-0.39, 0.29) is 40.4 Å². The number of carbonyl (C=O) groups is 1. The Morgan fingerprint density at radius 2 is 1.97 bits per heavy atom. The van der Waals surface area contributed by atoms with Gasteiger partial charge in [-0.3, -0.25) is 14.2 Å². The van der Waals surface area contributed by atoms with Crippen LogP contribution in [-0.4, -0.2) is 36.3 Å². The van der Waals surface area contributed by atoms with Gasteiger partial charge >= 0.3 is 4.87 Å². The van der Waals surface area contributed by atoms with Crippen LogP contribution in [0, 0.1) is 11.7 Å². The van der Waals surface area contributed by atoms with Crippen LogP contribution in [0.1, 0.15) is 25.3 Å². The SMILES string of the molecule is CCn1c(=O)sc2cc(NC(=O)C3CCN(S(=O)(=O)Cc4c(F)cccc4Cl)CC3)ccc21. The molecule has 0 spiro atoms. The highest BCUT2D eigenvalue weighted by molar-refractivity contribution is 7.88. The van der Waals surface area contributed by atoms with Crippen LogP contribution in [0.4, 0.5) is 10.1 Å². The number of nitrogens with zero attached hydrogens (tertiary/aromatic N) is 2. The molecule has 0 saturated carbocycles. The smallest absolute Gasteiger partial charge is 0.308 e. The number of piperidine rings is 1. The van der Waals surface area contributed by atoms with Crippen molar-refractivity contribution in [1.29, 1.82) is 0 Å². The maximum absolute atomic E-state index is 14.0. The summed E-state index contributed by atoms with van der Waals surface area (Å²) in [4.78, 5) is 24.7. The second kappa shape index (κ2) is 9.54. The Hall–Kier alpha value is -2.27. The zero-order valence-corrected chi connectivity index (χ0v) is 20.3. The standard InChI is InChI=1S/C22H23ClFN3O4S2/c1-2-27-19-7-6-15(12-20(19)32-22(27)29)25-21(28)14-8-10-26(11-9-14)33(30,31)13-16-17(23)4-3-5-18(16)24/h3-7,12,14H,2,8-11,13H2,1H3,(H,25,28). The lowest BCUT2D eigenvalue weighted by Gasteiger charge is -2.30. The van der Waals surface area contributed by atoms with Crippen LogP contribution in [0.25, 0.3) is 10.2 Å². The monoisotopic (exact) mass is 511 g/mol. The summed E-state index contributed by atoms with van der Waals surface area (Å²) in [5.41, 5.74) is 1.38. The molecule has 2 heterocycles. The molecule has 176 valence electrons. The predicted octanol–water partition coefficient (Wildman–Crippen LogP) is 4.06. The van der Waals surface area contributed by atoms with Gasteiger partial charge in [0.2, 0.25) is 15.9 Å². The molecule has 0 unspecified atom stereocenters. The first-order valence-corrected chi connectivity index (χ1v) is 13.3. The fourth-order valence-corrected chi connectivity index (χ4v) is 6.94. The molecule has 0 bridgehead atoms. The van der Waals surface area contributed by atoms with E-state index < -0.39 is 21.6 Å². The highest BCUT2D eigenvalue weighted by Crippen LogP contribution is 2.27. The van der Waals surface area contributed by atoms with Gasteiger partial charge in [-0.05, 0) is 50.1 Å². The zero-order chi connectivity index (χ0) is 23.8. The summed E-state index contributed by atoms with van der Waals surface area (Å²) in [7, 11) is -3.77. The lowest BCUT2D eigenvalue weighted by atomic mass is 9.97. The Morgan fingerprint density at radius 3 is 2.64 bits per heavy atom. The molecular formula is C22H23ClFN3O4S2. The van der Waals surface area contributed by atoms with Crippen LogP contribution in [0.2, 0.25) is 5.02 Å². The number of hydrogen-bond donors (Lipinski definition) is 1. The van der Waals surface area contributed by atoms with Crippen LogP contribution >= 0.6 is 22.9 Å². The van der Waals surface area contributed by atoms with Crippen LogP contribution in [0.5, 0.6) is 0 Å². The van der Waals surface area contributed by atoms with Gasteiger partial charge in [-0.15, -0.1) is 0 Å². The second-order valence-electron chi connectivity index (χ2n) is 7.91. The summed E-state index contributed by atoms with van der Waals surface area (Å²) in [6.07, 6.45) is 0.718. The normalized spacial score (nSPS) is 15.7. The number of sulfonamides is 1. The number of thiazole rings is 1. The fourth-order valence-electron chi connectivity index (χ4n) is 4.03. The van der Waals surface area contributed by atoms with E-state index in [1.54, 1.807) is 16.7 Å². The zero-order valence-electron chi connectivity index (χ0n) is 17.9. The van der Waals surface area contributed by atoms with Crippen LogP contribution in [0.3, 0.4) is 0 Å². The molecule has 1 aliphatic rings. The molecule has 1 fully saturated rings. The number of rotatable bonds is 6. The number of aromatic nitrogens is 1. The molecule has 1 aromatic heterocycles. The minimum Gasteiger partial charge on any atom is -0.326 e. The van der Waals surface area contributed by atoms with Gasteiger partial charge in [0.1, 0.15) is 5.82 Å². The summed E-state index contributed by atoms with van der Waals surface area (Å²) in [5, 5.41) is 2.95. The molecule has 0 atom stereocenters. The van der Waals surface area contributed by atoms with Crippen LogP contribution in [-0.2, 0) is 27.1 Å². The third-order valence-electron chi connectivity index (χ3n) is 5.86. The highest BCUT2D eigenvalue weighted by atomic mass is 35.5. The van der Waals surface area contributed by atoms with Crippen molar-refractivity contribution >= 4 is 54.8 Å². The predicted molar refractivity (Wildman–Crippen MR) is 129 cm³/mol. The minimum atomic E-state index is -3.77. The molecule has 0 radical (unpaired) electrons. The first-order chi connectivity index (χ1) is 15.7. The van der Waals surface area contributed by atoms with E-state index in [9.17, 15) is 22.4 Å². The highest BCUT2D eigenvalue weighted by Gasteiger charge is 2.32. The largest absolute Gasteiger partial charge is 0.326 e. The van der Waals surface area contributed by atoms with Crippen molar-refractivity contribution in [2.24, 2.45) is 5.92 Å². The molecule has 2 aromatic carbocycles. The lowest BCUT2D eigenvalue weighted by Crippen LogP contribution is -2.42. The average Bonchev–Trinajstić information content (AvgIpc) is 3.10. The molecule has 0 aliphatic carbocycles. The van der Waals surface area contributed by atoms with E-state index in [0.29, 0.717) is 25.1 Å². The molecular weight excluding hydrogens is 489 g/mol. The van der Waals surface area contributed by atoms with E-state index in [2.05, 4.69) is 5.32 Å². The molecule has 1 aliphatic heterocycles. The number of fused-ring (bicyclic) bond motifs is 1. The van der Waals surface area contributed by atoms with Crippen molar-refractivity contribution in [3.05, 3.63) is 62.5 Å². The first-order valence-electron chi connectivity index (χ1n) is 10.5. The third-order valence-corrected chi connectivity index (χ3v) is 8.96. The van der Waals surface area contributed by atoms with Gasteiger partial charge in [-0.2, -0.15) is 0 Å². The van der Waals surface area contributed by atoms with Gasteiger partial charge in [-0.25, -0.2) is 17.1 Å². The summed E-state index contributed by atoms with van der Waals surface area (Å²) in [6, 6.07) is 9.42. The quantitative estimate of drug-likeness (QED) is 0.540. The van der Waals surface area contributed by atoms with Crippen LogP contribution in [0.15, 0.2) is 41.2 Å². The Balaban J connectivity index is 1.39. The number of aryl methyl sites for hydroxylation is 1. The summed E-state index contributed by atoms with van der Waals surface area (Å²) in [6.45, 7) is 2.83. The minimum absolute atomic E-state index is 0.0405. The molecule has 4 rings (SSSR count). The number of anilines is 1. The van der Waals surface area contributed by atoms with E-state index in [0.717, 1.165) is 21.6 Å². The number of halogens is 2. The summed E-state index contributed by atoms with van der Waals surface area (Å²) >= 11 is 7.11. The van der Waals surface area contributed by atoms with Crippen molar-refractivity contribution < 1.29 is 17.6 Å². The number of carbonyl (C=O) groups excluding carboxylic acids is 1. The molecule has 1 N–H and O–H groups in total. The fraction of sp³-hybridized carbons (Fsp3) is 0.364.